The molecule has 0 spiro atoms. The maximum absolute atomic E-state index is 6.16. The van der Waals surface area contributed by atoms with E-state index in [1.165, 1.54) is 0 Å². The molecule has 2 unspecified atom stereocenters. The Labute approximate surface area is 115 Å². The number of likely N-dealkylation sites (N-methyl/N-ethyl adjacent to an activating group) is 1. The van der Waals surface area contributed by atoms with Crippen molar-refractivity contribution in [2.75, 3.05) is 20.7 Å². The molecule has 1 rings (SSSR count). The van der Waals surface area contributed by atoms with Gasteiger partial charge in [-0.25, -0.2) is 0 Å². The van der Waals surface area contributed by atoms with Crippen LogP contribution in [0.25, 0.3) is 0 Å². The summed E-state index contributed by atoms with van der Waals surface area (Å²) in [6.07, 6.45) is 1.09. The number of nitrogens with zero attached hydrogens (tertiary/aromatic N) is 1. The zero-order valence-corrected chi connectivity index (χ0v) is 12.4. The van der Waals surface area contributed by atoms with Crippen molar-refractivity contribution in [3.8, 4) is 5.75 Å². The van der Waals surface area contributed by atoms with Gasteiger partial charge in [-0.3, -0.25) is 4.90 Å². The van der Waals surface area contributed by atoms with E-state index in [1.807, 2.05) is 18.2 Å². The van der Waals surface area contributed by atoms with Crippen molar-refractivity contribution in [2.24, 2.45) is 5.73 Å². The first-order valence-corrected chi connectivity index (χ1v) is 6.68. The van der Waals surface area contributed by atoms with Crippen LogP contribution in [0.5, 0.6) is 5.75 Å². The summed E-state index contributed by atoms with van der Waals surface area (Å²) in [7, 11) is 3.72. The molecule has 0 fully saturated rings. The van der Waals surface area contributed by atoms with E-state index in [4.69, 9.17) is 22.1 Å². The van der Waals surface area contributed by atoms with Crippen LogP contribution in [0.2, 0.25) is 5.02 Å². The van der Waals surface area contributed by atoms with Gasteiger partial charge in [-0.05, 0) is 38.1 Å². The molecule has 0 saturated heterocycles. The summed E-state index contributed by atoms with van der Waals surface area (Å²) in [5, 5.41) is 0.631. The minimum absolute atomic E-state index is 0.184. The van der Waals surface area contributed by atoms with Crippen molar-refractivity contribution in [3.63, 3.8) is 0 Å². The van der Waals surface area contributed by atoms with E-state index in [9.17, 15) is 0 Å². The van der Waals surface area contributed by atoms with Gasteiger partial charge in [0.2, 0.25) is 0 Å². The monoisotopic (exact) mass is 270 g/mol. The lowest BCUT2D eigenvalue weighted by Gasteiger charge is -2.32. The Morgan fingerprint density at radius 1 is 1.44 bits per heavy atom. The highest BCUT2D eigenvalue weighted by molar-refractivity contribution is 6.32. The maximum atomic E-state index is 6.16. The SMILES string of the molecule is CCC(C)N(C)C(CN)c1ccc(OC)c(Cl)c1. The van der Waals surface area contributed by atoms with Gasteiger partial charge >= 0.3 is 0 Å². The first kappa shape index (κ1) is 15.3. The molecule has 0 aliphatic carbocycles. The molecule has 2 atom stereocenters. The normalized spacial score (nSPS) is 14.6. The van der Waals surface area contributed by atoms with Crippen molar-refractivity contribution < 1.29 is 4.74 Å². The van der Waals surface area contributed by atoms with Crippen molar-refractivity contribution in [2.45, 2.75) is 32.4 Å². The Morgan fingerprint density at radius 2 is 2.11 bits per heavy atom. The molecule has 18 heavy (non-hydrogen) atoms. The summed E-state index contributed by atoms with van der Waals surface area (Å²) in [6, 6.07) is 6.53. The fourth-order valence-corrected chi connectivity index (χ4v) is 2.29. The molecule has 1 aromatic carbocycles. The second-order valence-electron chi connectivity index (χ2n) is 4.57. The van der Waals surface area contributed by atoms with Crippen LogP contribution >= 0.6 is 11.6 Å². The van der Waals surface area contributed by atoms with Gasteiger partial charge in [-0.1, -0.05) is 24.6 Å². The molecule has 0 aromatic heterocycles. The van der Waals surface area contributed by atoms with Crippen LogP contribution in [0.3, 0.4) is 0 Å². The van der Waals surface area contributed by atoms with Crippen LogP contribution in [-0.2, 0) is 0 Å². The zero-order valence-electron chi connectivity index (χ0n) is 11.6. The lowest BCUT2D eigenvalue weighted by Crippen LogP contribution is -2.36. The van der Waals surface area contributed by atoms with Gasteiger partial charge in [0.15, 0.2) is 0 Å². The van der Waals surface area contributed by atoms with Crippen molar-refractivity contribution in [1.29, 1.82) is 0 Å². The van der Waals surface area contributed by atoms with E-state index in [-0.39, 0.29) is 6.04 Å². The summed E-state index contributed by atoms with van der Waals surface area (Å²) in [6.45, 7) is 4.95. The van der Waals surface area contributed by atoms with Crippen LogP contribution in [-0.4, -0.2) is 31.6 Å². The highest BCUT2D eigenvalue weighted by Gasteiger charge is 2.20. The average Bonchev–Trinajstić information content (AvgIpc) is 2.38. The van der Waals surface area contributed by atoms with Crippen LogP contribution in [0.4, 0.5) is 0 Å². The molecule has 0 radical (unpaired) electrons. The van der Waals surface area contributed by atoms with Gasteiger partial charge in [0.25, 0.3) is 0 Å². The van der Waals surface area contributed by atoms with Crippen LogP contribution in [0, 0.1) is 0 Å². The number of rotatable bonds is 6. The molecule has 1 aromatic rings. The molecule has 3 nitrogen and oxygen atoms in total. The smallest absolute Gasteiger partial charge is 0.137 e. The Hall–Kier alpha value is -0.770. The third-order valence-electron chi connectivity index (χ3n) is 3.56. The van der Waals surface area contributed by atoms with E-state index < -0.39 is 0 Å². The van der Waals surface area contributed by atoms with E-state index >= 15 is 0 Å². The van der Waals surface area contributed by atoms with Crippen LogP contribution in [0.15, 0.2) is 18.2 Å². The molecule has 0 aliphatic rings. The fraction of sp³-hybridized carbons (Fsp3) is 0.571. The summed E-state index contributed by atoms with van der Waals surface area (Å²) in [4.78, 5) is 2.29. The Morgan fingerprint density at radius 3 is 2.56 bits per heavy atom. The number of methoxy groups -OCH3 is 1. The lowest BCUT2D eigenvalue weighted by atomic mass is 10.0. The number of hydrogen-bond acceptors (Lipinski definition) is 3. The molecular weight excluding hydrogens is 248 g/mol. The first-order chi connectivity index (χ1) is 8.54. The largest absolute Gasteiger partial charge is 0.495 e. The second-order valence-corrected chi connectivity index (χ2v) is 4.98. The first-order valence-electron chi connectivity index (χ1n) is 6.30. The fourth-order valence-electron chi connectivity index (χ4n) is 2.02. The molecular formula is C14H23ClN2O. The quantitative estimate of drug-likeness (QED) is 0.863. The van der Waals surface area contributed by atoms with Gasteiger partial charge in [0, 0.05) is 18.6 Å². The van der Waals surface area contributed by atoms with Crippen LogP contribution < -0.4 is 10.5 Å². The average molecular weight is 271 g/mol. The maximum Gasteiger partial charge on any atom is 0.137 e. The molecule has 102 valence electrons. The Bertz CT molecular complexity index is 384. The van der Waals surface area contributed by atoms with Crippen molar-refractivity contribution in [1.82, 2.24) is 4.90 Å². The van der Waals surface area contributed by atoms with Gasteiger partial charge in [0.1, 0.15) is 5.75 Å². The highest BCUT2D eigenvalue weighted by Crippen LogP contribution is 2.30. The number of ether oxygens (including phenoxy) is 1. The zero-order chi connectivity index (χ0) is 13.7. The molecule has 0 amide bonds. The number of halogens is 1. The Balaban J connectivity index is 2.98. The molecule has 0 bridgehead atoms. The predicted octanol–water partition coefficient (Wildman–Crippen LogP) is 3.08. The second kappa shape index (κ2) is 6.98. The Kier molecular flexibility index (Phi) is 5.93. The third-order valence-corrected chi connectivity index (χ3v) is 3.86. The molecule has 4 heteroatoms. The lowest BCUT2D eigenvalue weighted by molar-refractivity contribution is 0.184. The minimum atomic E-state index is 0.184. The van der Waals surface area contributed by atoms with Crippen molar-refractivity contribution in [3.05, 3.63) is 28.8 Å². The predicted molar refractivity (Wildman–Crippen MR) is 77.3 cm³/mol. The van der Waals surface area contributed by atoms with E-state index in [0.29, 0.717) is 23.4 Å². The molecule has 0 saturated carbocycles. The van der Waals surface area contributed by atoms with Gasteiger partial charge in [-0.2, -0.15) is 0 Å². The van der Waals surface area contributed by atoms with Gasteiger partial charge in [-0.15, -0.1) is 0 Å². The standard InChI is InChI=1S/C14H23ClN2O/c1-5-10(2)17(3)13(9-16)11-6-7-14(18-4)12(15)8-11/h6-8,10,13H,5,9,16H2,1-4H3. The topological polar surface area (TPSA) is 38.5 Å². The van der Waals surface area contributed by atoms with Crippen molar-refractivity contribution >= 4 is 11.6 Å². The van der Waals surface area contributed by atoms with E-state index in [0.717, 1.165) is 12.0 Å². The van der Waals surface area contributed by atoms with E-state index in [2.05, 4.69) is 25.8 Å². The summed E-state index contributed by atoms with van der Waals surface area (Å²) in [5.41, 5.74) is 7.03. The number of benzene rings is 1. The molecule has 0 heterocycles. The molecule has 2 N–H and O–H groups in total. The van der Waals surface area contributed by atoms with Gasteiger partial charge < -0.3 is 10.5 Å². The van der Waals surface area contributed by atoms with Gasteiger partial charge in [0.05, 0.1) is 12.1 Å². The minimum Gasteiger partial charge on any atom is -0.495 e. The molecule has 0 aliphatic heterocycles. The number of nitrogens with two attached hydrogens (primary N) is 1. The highest BCUT2D eigenvalue weighted by atomic mass is 35.5. The van der Waals surface area contributed by atoms with E-state index in [1.54, 1.807) is 7.11 Å². The summed E-state index contributed by atoms with van der Waals surface area (Å²) in [5.74, 6) is 0.697. The van der Waals surface area contributed by atoms with Crippen LogP contribution in [0.1, 0.15) is 31.9 Å². The summed E-state index contributed by atoms with van der Waals surface area (Å²) >= 11 is 6.16. The number of hydrogen-bond donors (Lipinski definition) is 1. The summed E-state index contributed by atoms with van der Waals surface area (Å²) < 4.78 is 5.17. The third kappa shape index (κ3) is 3.37.